The quantitative estimate of drug-likeness (QED) is 0.508. The minimum absolute atomic E-state index is 0.0608. The second-order valence-corrected chi connectivity index (χ2v) is 8.32. The summed E-state index contributed by atoms with van der Waals surface area (Å²) in [6, 6.07) is 9.43. The third-order valence-electron chi connectivity index (χ3n) is 3.97. The van der Waals surface area contributed by atoms with Crippen molar-refractivity contribution in [1.82, 2.24) is 20.0 Å². The first kappa shape index (κ1) is 21.6. The van der Waals surface area contributed by atoms with Gasteiger partial charge < -0.3 is 10.4 Å². The minimum Gasteiger partial charge on any atom is -0.508 e. The number of carbonyl (C=O) groups excluding carboxylic acids is 1. The zero-order valence-electron chi connectivity index (χ0n) is 15.3. The van der Waals surface area contributed by atoms with E-state index in [2.05, 4.69) is 20.0 Å². The number of nitrogens with zero attached hydrogens (tertiary/aromatic N) is 2. The number of nitrogens with one attached hydrogen (secondary N) is 2. The Labute approximate surface area is 176 Å². The molecule has 0 aliphatic rings. The lowest BCUT2D eigenvalue weighted by molar-refractivity contribution is 0.0945. The zero-order valence-corrected chi connectivity index (χ0v) is 16.9. The standard InChI is InChI=1S/C19H16ClFN4O4S/c20-16-7-15(5-6-17(16)21)30(28,29)25-10-13-9-23-18(11-22-13)19(27)24-8-12-1-3-14(26)4-2-12/h1-7,9,11,25-26H,8,10H2,(H,24,27). The highest BCUT2D eigenvalue weighted by Gasteiger charge is 2.16. The van der Waals surface area contributed by atoms with Gasteiger partial charge in [-0.05, 0) is 35.9 Å². The summed E-state index contributed by atoms with van der Waals surface area (Å²) in [7, 11) is -3.93. The molecule has 0 unspecified atom stereocenters. The van der Waals surface area contributed by atoms with E-state index in [0.29, 0.717) is 0 Å². The monoisotopic (exact) mass is 450 g/mol. The summed E-state index contributed by atoms with van der Waals surface area (Å²) in [6.45, 7) is 0.0578. The van der Waals surface area contributed by atoms with E-state index in [1.165, 1.54) is 24.5 Å². The minimum atomic E-state index is -3.93. The second kappa shape index (κ2) is 9.16. The van der Waals surface area contributed by atoms with Gasteiger partial charge in [-0.25, -0.2) is 22.5 Å². The number of aromatic hydroxyl groups is 1. The normalized spacial score (nSPS) is 11.3. The molecule has 1 amide bonds. The Morgan fingerprint density at radius 1 is 1.07 bits per heavy atom. The number of phenols is 1. The first-order valence-corrected chi connectivity index (χ1v) is 10.4. The average Bonchev–Trinajstić information content (AvgIpc) is 2.74. The smallest absolute Gasteiger partial charge is 0.271 e. The van der Waals surface area contributed by atoms with Crippen molar-refractivity contribution in [3.8, 4) is 5.75 Å². The van der Waals surface area contributed by atoms with Crippen LogP contribution in [0.2, 0.25) is 5.02 Å². The van der Waals surface area contributed by atoms with Crippen molar-refractivity contribution in [3.05, 3.63) is 82.6 Å². The van der Waals surface area contributed by atoms with Gasteiger partial charge >= 0.3 is 0 Å². The number of hydrogen-bond donors (Lipinski definition) is 3. The van der Waals surface area contributed by atoms with E-state index in [1.54, 1.807) is 12.1 Å². The Morgan fingerprint density at radius 2 is 1.80 bits per heavy atom. The van der Waals surface area contributed by atoms with Crippen LogP contribution in [0.1, 0.15) is 21.7 Å². The highest BCUT2D eigenvalue weighted by Crippen LogP contribution is 2.19. The molecular weight excluding hydrogens is 435 g/mol. The maximum Gasteiger partial charge on any atom is 0.271 e. The molecule has 1 heterocycles. The van der Waals surface area contributed by atoms with Crippen LogP contribution in [0.3, 0.4) is 0 Å². The van der Waals surface area contributed by atoms with Gasteiger partial charge in [0.15, 0.2) is 0 Å². The van der Waals surface area contributed by atoms with Crippen LogP contribution in [0, 0.1) is 5.82 Å². The molecule has 0 radical (unpaired) electrons. The fourth-order valence-corrected chi connectivity index (χ4v) is 3.62. The molecule has 11 heteroatoms. The summed E-state index contributed by atoms with van der Waals surface area (Å²) in [5.41, 5.74) is 1.13. The predicted octanol–water partition coefficient (Wildman–Crippen LogP) is 2.38. The summed E-state index contributed by atoms with van der Waals surface area (Å²) in [6.07, 6.45) is 2.50. The molecule has 8 nitrogen and oxygen atoms in total. The van der Waals surface area contributed by atoms with Gasteiger partial charge in [0.1, 0.15) is 17.3 Å². The van der Waals surface area contributed by atoms with E-state index in [1.807, 2.05) is 0 Å². The van der Waals surface area contributed by atoms with Crippen molar-refractivity contribution < 1.29 is 22.7 Å². The van der Waals surface area contributed by atoms with Gasteiger partial charge in [0.2, 0.25) is 10.0 Å². The van der Waals surface area contributed by atoms with Gasteiger partial charge in [-0.15, -0.1) is 0 Å². The molecule has 1 aromatic heterocycles. The molecule has 0 aliphatic carbocycles. The Bertz CT molecular complexity index is 1160. The van der Waals surface area contributed by atoms with Crippen molar-refractivity contribution >= 4 is 27.5 Å². The van der Waals surface area contributed by atoms with Crippen LogP contribution in [0.5, 0.6) is 5.75 Å². The van der Waals surface area contributed by atoms with E-state index in [-0.39, 0.29) is 40.1 Å². The number of sulfonamides is 1. The van der Waals surface area contributed by atoms with Crippen LogP contribution < -0.4 is 10.0 Å². The summed E-state index contributed by atoms with van der Waals surface area (Å²) in [5, 5.41) is 11.6. The number of phenolic OH excluding ortho intramolecular Hbond substituents is 1. The molecule has 0 bridgehead atoms. The van der Waals surface area contributed by atoms with E-state index < -0.39 is 21.7 Å². The molecule has 3 rings (SSSR count). The fraction of sp³-hybridized carbons (Fsp3) is 0.105. The third-order valence-corrected chi connectivity index (χ3v) is 5.66. The summed E-state index contributed by atoms with van der Waals surface area (Å²) in [4.78, 5) is 20.0. The lowest BCUT2D eigenvalue weighted by Gasteiger charge is -2.08. The number of amides is 1. The molecule has 3 N–H and O–H groups in total. The first-order valence-electron chi connectivity index (χ1n) is 8.56. The molecule has 0 aliphatic heterocycles. The fourth-order valence-electron chi connectivity index (χ4n) is 2.35. The van der Waals surface area contributed by atoms with E-state index in [9.17, 15) is 22.7 Å². The molecule has 0 spiro atoms. The van der Waals surface area contributed by atoms with Crippen LogP contribution in [-0.2, 0) is 23.1 Å². The molecule has 156 valence electrons. The maximum atomic E-state index is 13.2. The zero-order chi connectivity index (χ0) is 21.7. The largest absolute Gasteiger partial charge is 0.508 e. The third kappa shape index (κ3) is 5.50. The molecule has 0 saturated heterocycles. The van der Waals surface area contributed by atoms with Crippen molar-refractivity contribution in [3.63, 3.8) is 0 Å². The van der Waals surface area contributed by atoms with Crippen molar-refractivity contribution in [1.29, 1.82) is 0 Å². The van der Waals surface area contributed by atoms with Gasteiger partial charge in [-0.3, -0.25) is 9.78 Å². The Hall–Kier alpha value is -3.08. The number of benzene rings is 2. The van der Waals surface area contributed by atoms with Crippen LogP contribution in [-0.4, -0.2) is 29.4 Å². The Kier molecular flexibility index (Phi) is 6.60. The topological polar surface area (TPSA) is 121 Å². The Morgan fingerprint density at radius 3 is 2.43 bits per heavy atom. The number of hydrogen-bond acceptors (Lipinski definition) is 6. The molecule has 0 atom stereocenters. The number of carbonyl (C=O) groups is 1. The molecule has 3 aromatic rings. The highest BCUT2D eigenvalue weighted by molar-refractivity contribution is 7.89. The molecule has 0 fully saturated rings. The Balaban J connectivity index is 1.57. The van der Waals surface area contributed by atoms with Crippen molar-refractivity contribution in [2.24, 2.45) is 0 Å². The van der Waals surface area contributed by atoms with Gasteiger partial charge in [0, 0.05) is 6.54 Å². The average molecular weight is 451 g/mol. The summed E-state index contributed by atoms with van der Waals surface area (Å²) in [5.74, 6) is -1.05. The van der Waals surface area contributed by atoms with Crippen LogP contribution in [0.25, 0.3) is 0 Å². The lowest BCUT2D eigenvalue weighted by Crippen LogP contribution is -2.25. The number of aromatic nitrogens is 2. The SMILES string of the molecule is O=C(NCc1ccc(O)cc1)c1cnc(CNS(=O)(=O)c2ccc(F)c(Cl)c2)cn1. The van der Waals surface area contributed by atoms with Gasteiger partial charge in [-0.1, -0.05) is 23.7 Å². The van der Waals surface area contributed by atoms with Crippen LogP contribution >= 0.6 is 11.6 Å². The van der Waals surface area contributed by atoms with Gasteiger partial charge in [0.25, 0.3) is 5.91 Å². The lowest BCUT2D eigenvalue weighted by atomic mass is 10.2. The van der Waals surface area contributed by atoms with Crippen molar-refractivity contribution in [2.45, 2.75) is 18.0 Å². The second-order valence-electron chi connectivity index (χ2n) is 6.14. The van der Waals surface area contributed by atoms with E-state index >= 15 is 0 Å². The summed E-state index contributed by atoms with van der Waals surface area (Å²) < 4.78 is 40.0. The number of rotatable bonds is 7. The maximum absolute atomic E-state index is 13.2. The first-order chi connectivity index (χ1) is 14.2. The highest BCUT2D eigenvalue weighted by atomic mass is 35.5. The van der Waals surface area contributed by atoms with Crippen LogP contribution in [0.15, 0.2) is 59.8 Å². The predicted molar refractivity (Wildman–Crippen MR) is 107 cm³/mol. The molecular formula is C19H16ClFN4O4S. The molecule has 2 aromatic carbocycles. The van der Waals surface area contributed by atoms with Crippen LogP contribution in [0.4, 0.5) is 4.39 Å². The van der Waals surface area contributed by atoms with Gasteiger partial charge in [0.05, 0.1) is 34.6 Å². The van der Waals surface area contributed by atoms with Crippen molar-refractivity contribution in [2.75, 3.05) is 0 Å². The van der Waals surface area contributed by atoms with Gasteiger partial charge in [-0.2, -0.15) is 0 Å². The summed E-state index contributed by atoms with van der Waals surface area (Å²) >= 11 is 5.62. The molecule has 0 saturated carbocycles. The van der Waals surface area contributed by atoms with E-state index in [0.717, 1.165) is 23.8 Å². The van der Waals surface area contributed by atoms with E-state index in [4.69, 9.17) is 11.6 Å². The molecule has 30 heavy (non-hydrogen) atoms. The number of halogens is 2.